The summed E-state index contributed by atoms with van der Waals surface area (Å²) in [5, 5.41) is 12.4. The van der Waals surface area contributed by atoms with E-state index in [1.807, 2.05) is 18.2 Å². The monoisotopic (exact) mass is 303 g/mol. The van der Waals surface area contributed by atoms with Crippen molar-refractivity contribution in [3.63, 3.8) is 0 Å². The van der Waals surface area contributed by atoms with Crippen LogP contribution >= 0.6 is 0 Å². The number of hydrogen-bond acceptors (Lipinski definition) is 2. The number of nitrogens with one attached hydrogen (secondary N) is 1. The largest absolute Gasteiger partial charge is 0.396 e. The van der Waals surface area contributed by atoms with Gasteiger partial charge < -0.3 is 10.4 Å². The number of hydrogen-bond donors (Lipinski definition) is 2. The first-order valence-electron chi connectivity index (χ1n) is 8.53. The summed E-state index contributed by atoms with van der Waals surface area (Å²) in [6, 6.07) is 10.1. The highest BCUT2D eigenvalue weighted by Gasteiger charge is 2.45. The summed E-state index contributed by atoms with van der Waals surface area (Å²) in [6.07, 6.45) is 4.81. The third-order valence-corrected chi connectivity index (χ3v) is 4.86. The highest BCUT2D eigenvalue weighted by molar-refractivity contribution is 5.89. The Hall–Kier alpha value is -1.35. The van der Waals surface area contributed by atoms with E-state index < -0.39 is 0 Å². The number of aliphatic hydroxyl groups excluding tert-OH is 1. The number of carbonyl (C=O) groups is 1. The van der Waals surface area contributed by atoms with Crippen LogP contribution in [-0.2, 0) is 10.2 Å². The number of carbonyl (C=O) groups excluding carboxylic acids is 1. The fraction of sp³-hybridized carbons (Fsp3) is 0.632. The fourth-order valence-corrected chi connectivity index (χ4v) is 3.49. The van der Waals surface area contributed by atoms with E-state index in [4.69, 9.17) is 0 Å². The SMILES string of the molecule is CC(C)CC(CCO)CNC(=O)C1(c2ccccc2)CCC1. The topological polar surface area (TPSA) is 49.3 Å². The van der Waals surface area contributed by atoms with Crippen molar-refractivity contribution in [2.45, 2.75) is 51.4 Å². The number of rotatable bonds is 8. The molecular formula is C19H29NO2. The Morgan fingerprint density at radius 3 is 2.45 bits per heavy atom. The van der Waals surface area contributed by atoms with Gasteiger partial charge in [0.25, 0.3) is 0 Å². The second-order valence-corrected chi connectivity index (χ2v) is 7.02. The van der Waals surface area contributed by atoms with Crippen LogP contribution in [0.25, 0.3) is 0 Å². The molecule has 1 saturated carbocycles. The predicted octanol–water partition coefficient (Wildman–Crippen LogP) is 3.27. The molecule has 0 radical (unpaired) electrons. The molecule has 0 heterocycles. The lowest BCUT2D eigenvalue weighted by Gasteiger charge is -2.41. The minimum Gasteiger partial charge on any atom is -0.396 e. The lowest BCUT2D eigenvalue weighted by molar-refractivity contribution is -0.130. The van der Waals surface area contributed by atoms with Crippen LogP contribution in [0.2, 0.25) is 0 Å². The van der Waals surface area contributed by atoms with Crippen molar-refractivity contribution in [2.24, 2.45) is 11.8 Å². The van der Waals surface area contributed by atoms with Gasteiger partial charge in [-0.15, -0.1) is 0 Å². The van der Waals surface area contributed by atoms with E-state index in [-0.39, 0.29) is 17.9 Å². The number of amides is 1. The Morgan fingerprint density at radius 1 is 1.27 bits per heavy atom. The Morgan fingerprint density at radius 2 is 1.95 bits per heavy atom. The molecule has 2 N–H and O–H groups in total. The van der Waals surface area contributed by atoms with Gasteiger partial charge in [-0.05, 0) is 43.1 Å². The third-order valence-electron chi connectivity index (χ3n) is 4.86. The molecule has 1 fully saturated rings. The van der Waals surface area contributed by atoms with E-state index >= 15 is 0 Å². The standard InChI is InChI=1S/C19H29NO2/c1-15(2)13-16(9-12-21)14-20-18(22)19(10-6-11-19)17-7-4-3-5-8-17/h3-5,7-8,15-16,21H,6,9-14H2,1-2H3,(H,20,22). The third kappa shape index (κ3) is 3.89. The molecule has 1 atom stereocenters. The minimum atomic E-state index is -0.317. The quantitative estimate of drug-likeness (QED) is 0.774. The summed E-state index contributed by atoms with van der Waals surface area (Å²) in [6.45, 7) is 5.23. The Kier molecular flexibility index (Phi) is 6.01. The Labute approximate surface area is 134 Å². The van der Waals surface area contributed by atoms with Crippen LogP contribution in [0.15, 0.2) is 30.3 Å². The highest BCUT2D eigenvalue weighted by Crippen LogP contribution is 2.43. The van der Waals surface area contributed by atoms with E-state index in [1.54, 1.807) is 0 Å². The number of benzene rings is 1. The second-order valence-electron chi connectivity index (χ2n) is 7.02. The van der Waals surface area contributed by atoms with Crippen LogP contribution in [0.5, 0.6) is 0 Å². The molecule has 1 aliphatic rings. The Bertz CT molecular complexity index is 466. The molecule has 1 aliphatic carbocycles. The molecule has 1 aromatic carbocycles. The summed E-state index contributed by atoms with van der Waals surface area (Å²) in [5.41, 5.74) is 0.823. The predicted molar refractivity (Wildman–Crippen MR) is 89.6 cm³/mol. The van der Waals surface area contributed by atoms with Crippen LogP contribution < -0.4 is 5.32 Å². The molecule has 0 bridgehead atoms. The van der Waals surface area contributed by atoms with Crippen molar-refractivity contribution in [3.05, 3.63) is 35.9 Å². The van der Waals surface area contributed by atoms with Crippen molar-refractivity contribution in [3.8, 4) is 0 Å². The molecule has 3 heteroatoms. The first-order chi connectivity index (χ1) is 10.6. The van der Waals surface area contributed by atoms with Crippen LogP contribution in [0.3, 0.4) is 0 Å². The molecule has 0 spiro atoms. The highest BCUT2D eigenvalue weighted by atomic mass is 16.3. The van der Waals surface area contributed by atoms with Crippen LogP contribution in [0.4, 0.5) is 0 Å². The normalized spacial score (nSPS) is 17.8. The molecule has 0 aliphatic heterocycles. The molecule has 22 heavy (non-hydrogen) atoms. The zero-order valence-electron chi connectivity index (χ0n) is 13.8. The molecule has 0 aromatic heterocycles. The van der Waals surface area contributed by atoms with E-state index in [9.17, 15) is 9.90 Å². The minimum absolute atomic E-state index is 0.164. The fourth-order valence-electron chi connectivity index (χ4n) is 3.49. The van der Waals surface area contributed by atoms with Crippen molar-refractivity contribution in [2.75, 3.05) is 13.2 Å². The van der Waals surface area contributed by atoms with Gasteiger partial charge in [0.1, 0.15) is 0 Å². The van der Waals surface area contributed by atoms with Crippen molar-refractivity contribution < 1.29 is 9.90 Å². The van der Waals surface area contributed by atoms with Crippen molar-refractivity contribution in [1.29, 1.82) is 0 Å². The number of aliphatic hydroxyl groups is 1. The zero-order chi connectivity index (χ0) is 16.0. The summed E-state index contributed by atoms with van der Waals surface area (Å²) in [7, 11) is 0. The van der Waals surface area contributed by atoms with Gasteiger partial charge in [0.15, 0.2) is 0 Å². The van der Waals surface area contributed by atoms with Gasteiger partial charge in [0.05, 0.1) is 5.41 Å². The maximum Gasteiger partial charge on any atom is 0.230 e. The van der Waals surface area contributed by atoms with Gasteiger partial charge in [0, 0.05) is 13.2 Å². The molecule has 2 rings (SSSR count). The lowest BCUT2D eigenvalue weighted by atomic mass is 9.64. The molecule has 1 unspecified atom stereocenters. The van der Waals surface area contributed by atoms with Crippen molar-refractivity contribution >= 4 is 5.91 Å². The van der Waals surface area contributed by atoms with Gasteiger partial charge in [-0.25, -0.2) is 0 Å². The summed E-state index contributed by atoms with van der Waals surface area (Å²) >= 11 is 0. The zero-order valence-corrected chi connectivity index (χ0v) is 13.8. The van der Waals surface area contributed by atoms with Gasteiger partial charge in [0.2, 0.25) is 5.91 Å². The van der Waals surface area contributed by atoms with E-state index in [1.165, 1.54) is 0 Å². The van der Waals surface area contributed by atoms with Gasteiger partial charge in [-0.3, -0.25) is 4.79 Å². The Balaban J connectivity index is 1.98. The van der Waals surface area contributed by atoms with E-state index in [2.05, 4.69) is 31.3 Å². The first kappa shape index (κ1) is 17.0. The summed E-state index contributed by atoms with van der Waals surface area (Å²) < 4.78 is 0. The molecule has 122 valence electrons. The van der Waals surface area contributed by atoms with Gasteiger partial charge in [-0.2, -0.15) is 0 Å². The van der Waals surface area contributed by atoms with Crippen molar-refractivity contribution in [1.82, 2.24) is 5.32 Å². The van der Waals surface area contributed by atoms with E-state index in [0.717, 1.165) is 37.7 Å². The molecule has 1 amide bonds. The summed E-state index contributed by atoms with van der Waals surface area (Å²) in [5.74, 6) is 1.11. The van der Waals surface area contributed by atoms with Gasteiger partial charge in [-0.1, -0.05) is 50.6 Å². The second kappa shape index (κ2) is 7.77. The van der Waals surface area contributed by atoms with Crippen LogP contribution in [-0.4, -0.2) is 24.2 Å². The molecule has 1 aromatic rings. The average Bonchev–Trinajstić information content (AvgIpc) is 2.44. The van der Waals surface area contributed by atoms with Gasteiger partial charge >= 0.3 is 0 Å². The van der Waals surface area contributed by atoms with Crippen LogP contribution in [0.1, 0.15) is 51.5 Å². The lowest BCUT2D eigenvalue weighted by Crippen LogP contribution is -2.50. The maximum absolute atomic E-state index is 12.8. The molecule has 3 nitrogen and oxygen atoms in total. The smallest absolute Gasteiger partial charge is 0.230 e. The van der Waals surface area contributed by atoms with E-state index in [0.29, 0.717) is 18.4 Å². The molecular weight excluding hydrogens is 274 g/mol. The summed E-state index contributed by atoms with van der Waals surface area (Å²) in [4.78, 5) is 12.8. The maximum atomic E-state index is 12.8. The first-order valence-corrected chi connectivity index (χ1v) is 8.53. The average molecular weight is 303 g/mol. The van der Waals surface area contributed by atoms with Crippen LogP contribution in [0, 0.1) is 11.8 Å². The molecule has 0 saturated heterocycles.